The molecule has 0 unspecified atom stereocenters. The molecule has 126 valence electrons. The molecule has 2 rings (SSSR count). The summed E-state index contributed by atoms with van der Waals surface area (Å²) in [6.45, 7) is 5.70. The van der Waals surface area contributed by atoms with Crippen LogP contribution in [0.5, 0.6) is 0 Å². The molecule has 4 heteroatoms. The third-order valence-electron chi connectivity index (χ3n) is 4.33. The summed E-state index contributed by atoms with van der Waals surface area (Å²) in [5, 5.41) is -0.419. The Hall–Kier alpha value is -1.35. The first-order chi connectivity index (χ1) is 10.7. The summed E-state index contributed by atoms with van der Waals surface area (Å²) in [5.41, 5.74) is 1.38. The van der Waals surface area contributed by atoms with E-state index in [1.165, 1.54) is 5.56 Å². The molecule has 0 bridgehead atoms. The molecule has 1 fully saturated rings. The molecule has 0 radical (unpaired) electrons. The van der Waals surface area contributed by atoms with Gasteiger partial charge in [-0.1, -0.05) is 12.1 Å². The zero-order valence-corrected chi connectivity index (χ0v) is 14.9. The van der Waals surface area contributed by atoms with Crippen molar-refractivity contribution < 1.29 is 14.3 Å². The van der Waals surface area contributed by atoms with Crippen molar-refractivity contribution in [2.45, 2.75) is 64.4 Å². The maximum Gasteiger partial charge on any atom is 0.306 e. The van der Waals surface area contributed by atoms with Crippen LogP contribution in [-0.2, 0) is 9.53 Å². The van der Waals surface area contributed by atoms with Gasteiger partial charge in [0.15, 0.2) is 0 Å². The molecule has 0 atom stereocenters. The van der Waals surface area contributed by atoms with E-state index in [4.69, 9.17) is 16.3 Å². The third kappa shape index (κ3) is 5.65. The van der Waals surface area contributed by atoms with E-state index in [0.29, 0.717) is 23.8 Å². The molecule has 0 N–H and O–H groups in total. The van der Waals surface area contributed by atoms with Crippen molar-refractivity contribution in [2.75, 3.05) is 0 Å². The van der Waals surface area contributed by atoms with Gasteiger partial charge in [-0.25, -0.2) is 0 Å². The Bertz CT molecular complexity index is 549. The second-order valence-corrected chi connectivity index (χ2v) is 7.75. The van der Waals surface area contributed by atoms with Gasteiger partial charge in [0.25, 0.3) is 5.24 Å². The van der Waals surface area contributed by atoms with Crippen LogP contribution in [0.1, 0.15) is 74.7 Å². The fourth-order valence-corrected chi connectivity index (χ4v) is 3.33. The molecular weight excluding hydrogens is 312 g/mol. The second kappa shape index (κ2) is 7.48. The Morgan fingerprint density at radius 2 is 1.65 bits per heavy atom. The molecular formula is C19H25ClO3. The molecule has 0 spiro atoms. The van der Waals surface area contributed by atoms with Gasteiger partial charge >= 0.3 is 5.97 Å². The van der Waals surface area contributed by atoms with Gasteiger partial charge in [0.2, 0.25) is 0 Å². The number of carbonyl (C=O) groups is 2. The normalized spacial score (nSPS) is 21.7. The van der Waals surface area contributed by atoms with Crippen LogP contribution in [0.4, 0.5) is 0 Å². The predicted octanol–water partition coefficient (Wildman–Crippen LogP) is 5.07. The minimum atomic E-state index is -0.419. The quantitative estimate of drug-likeness (QED) is 0.569. The van der Waals surface area contributed by atoms with Crippen LogP contribution in [0.25, 0.3) is 0 Å². The Labute approximate surface area is 143 Å². The number of carbonyl (C=O) groups excluding carboxylic acids is 2. The van der Waals surface area contributed by atoms with Crippen molar-refractivity contribution in [3.63, 3.8) is 0 Å². The standard InChI is InChI=1S/C19H25ClO3/c1-19(2,3)23-17(21)12-13-4-6-14(7-5-13)15-8-10-16(11-9-15)18(20)22/h8-11,13-14H,4-7,12H2,1-3H3. The summed E-state index contributed by atoms with van der Waals surface area (Å²) < 4.78 is 5.40. The number of hydrogen-bond acceptors (Lipinski definition) is 3. The van der Waals surface area contributed by atoms with E-state index in [9.17, 15) is 9.59 Å². The van der Waals surface area contributed by atoms with Crippen LogP contribution in [0.2, 0.25) is 0 Å². The first-order valence-electron chi connectivity index (χ1n) is 8.26. The summed E-state index contributed by atoms with van der Waals surface area (Å²) >= 11 is 5.47. The second-order valence-electron chi connectivity index (χ2n) is 7.40. The molecule has 0 aromatic heterocycles. The van der Waals surface area contributed by atoms with Gasteiger partial charge in [0, 0.05) is 12.0 Å². The lowest BCUT2D eigenvalue weighted by molar-refractivity contribution is -0.156. The summed E-state index contributed by atoms with van der Waals surface area (Å²) in [6.07, 6.45) is 4.74. The molecule has 3 nitrogen and oxygen atoms in total. The fourth-order valence-electron chi connectivity index (χ4n) is 3.21. The molecule has 23 heavy (non-hydrogen) atoms. The van der Waals surface area contributed by atoms with Crippen LogP contribution < -0.4 is 0 Å². The van der Waals surface area contributed by atoms with Crippen molar-refractivity contribution in [3.8, 4) is 0 Å². The maximum absolute atomic E-state index is 11.9. The maximum atomic E-state index is 11.9. The van der Waals surface area contributed by atoms with Crippen LogP contribution in [0, 0.1) is 5.92 Å². The largest absolute Gasteiger partial charge is 0.460 e. The lowest BCUT2D eigenvalue weighted by atomic mass is 9.77. The topological polar surface area (TPSA) is 43.4 Å². The number of benzene rings is 1. The third-order valence-corrected chi connectivity index (χ3v) is 4.55. The van der Waals surface area contributed by atoms with Crippen molar-refractivity contribution in [1.29, 1.82) is 0 Å². The number of esters is 1. The highest BCUT2D eigenvalue weighted by atomic mass is 35.5. The molecule has 1 saturated carbocycles. The van der Waals surface area contributed by atoms with Gasteiger partial charge in [-0.15, -0.1) is 0 Å². The monoisotopic (exact) mass is 336 g/mol. The molecule has 0 saturated heterocycles. The van der Waals surface area contributed by atoms with E-state index in [2.05, 4.69) is 0 Å². The Morgan fingerprint density at radius 1 is 1.09 bits per heavy atom. The van der Waals surface area contributed by atoms with Gasteiger partial charge in [-0.2, -0.15) is 0 Å². The molecule has 0 amide bonds. The Balaban J connectivity index is 1.84. The number of ether oxygens (including phenoxy) is 1. The summed E-state index contributed by atoms with van der Waals surface area (Å²) in [6, 6.07) is 7.57. The van der Waals surface area contributed by atoms with Crippen molar-refractivity contribution in [1.82, 2.24) is 0 Å². The van der Waals surface area contributed by atoms with Gasteiger partial charge in [0.05, 0.1) is 0 Å². The van der Waals surface area contributed by atoms with Crippen LogP contribution in [-0.4, -0.2) is 16.8 Å². The molecule has 1 aliphatic rings. The van der Waals surface area contributed by atoms with E-state index in [0.717, 1.165) is 25.7 Å². The minimum absolute atomic E-state index is 0.0917. The van der Waals surface area contributed by atoms with Crippen molar-refractivity contribution >= 4 is 22.8 Å². The smallest absolute Gasteiger partial charge is 0.306 e. The van der Waals surface area contributed by atoms with Crippen LogP contribution in [0.3, 0.4) is 0 Å². The number of hydrogen-bond donors (Lipinski definition) is 0. The molecule has 0 heterocycles. The zero-order chi connectivity index (χ0) is 17.0. The van der Waals surface area contributed by atoms with Gasteiger partial charge in [0.1, 0.15) is 5.60 Å². The number of halogens is 1. The van der Waals surface area contributed by atoms with E-state index < -0.39 is 10.8 Å². The van der Waals surface area contributed by atoms with E-state index in [1.54, 1.807) is 12.1 Å². The lowest BCUT2D eigenvalue weighted by Crippen LogP contribution is -2.26. The van der Waals surface area contributed by atoms with Crippen LogP contribution in [0.15, 0.2) is 24.3 Å². The fraction of sp³-hybridized carbons (Fsp3) is 0.579. The Kier molecular flexibility index (Phi) is 5.85. The summed E-state index contributed by atoms with van der Waals surface area (Å²) in [5.74, 6) is 0.833. The SMILES string of the molecule is CC(C)(C)OC(=O)CC1CCC(c2ccc(C(=O)Cl)cc2)CC1. The van der Waals surface area contributed by atoms with Gasteiger partial charge in [-0.05, 0) is 87.6 Å². The highest BCUT2D eigenvalue weighted by Gasteiger charge is 2.26. The summed E-state index contributed by atoms with van der Waals surface area (Å²) in [7, 11) is 0. The van der Waals surface area contributed by atoms with Gasteiger partial charge < -0.3 is 4.74 Å². The highest BCUT2D eigenvalue weighted by Crippen LogP contribution is 2.37. The molecule has 1 aliphatic carbocycles. The van der Waals surface area contributed by atoms with Crippen molar-refractivity contribution in [2.24, 2.45) is 5.92 Å². The minimum Gasteiger partial charge on any atom is -0.460 e. The predicted molar refractivity (Wildman–Crippen MR) is 91.8 cm³/mol. The zero-order valence-electron chi connectivity index (χ0n) is 14.1. The van der Waals surface area contributed by atoms with E-state index in [1.807, 2.05) is 32.9 Å². The number of rotatable bonds is 4. The van der Waals surface area contributed by atoms with Gasteiger partial charge in [-0.3, -0.25) is 9.59 Å². The molecule has 0 aliphatic heterocycles. The Morgan fingerprint density at radius 3 is 2.13 bits per heavy atom. The summed E-state index contributed by atoms with van der Waals surface area (Å²) in [4.78, 5) is 23.0. The molecule has 1 aromatic rings. The first kappa shape index (κ1) is 18.0. The van der Waals surface area contributed by atoms with Crippen molar-refractivity contribution in [3.05, 3.63) is 35.4 Å². The first-order valence-corrected chi connectivity index (χ1v) is 8.64. The molecule has 1 aromatic carbocycles. The average Bonchev–Trinajstić information content (AvgIpc) is 2.46. The highest BCUT2D eigenvalue weighted by molar-refractivity contribution is 6.67. The van der Waals surface area contributed by atoms with E-state index in [-0.39, 0.29) is 5.97 Å². The lowest BCUT2D eigenvalue weighted by Gasteiger charge is -2.29. The van der Waals surface area contributed by atoms with Crippen LogP contribution >= 0.6 is 11.6 Å². The van der Waals surface area contributed by atoms with E-state index >= 15 is 0 Å². The average molecular weight is 337 g/mol.